The average Bonchev–Trinajstić information content (AvgIpc) is 2.82. The van der Waals surface area contributed by atoms with Gasteiger partial charge in [0.2, 0.25) is 0 Å². The van der Waals surface area contributed by atoms with Crippen LogP contribution in [-0.2, 0) is 6.42 Å². The van der Waals surface area contributed by atoms with Gasteiger partial charge in [0.05, 0.1) is 0 Å². The zero-order valence-corrected chi connectivity index (χ0v) is 11.8. The Balaban J connectivity index is 2.10. The fourth-order valence-corrected chi connectivity index (χ4v) is 3.75. The van der Waals surface area contributed by atoms with Gasteiger partial charge >= 0.3 is 0 Å². The van der Waals surface area contributed by atoms with Crippen molar-refractivity contribution in [3.05, 3.63) is 35.4 Å². The lowest BCUT2D eigenvalue weighted by molar-refractivity contribution is 0.267. The van der Waals surface area contributed by atoms with E-state index in [0.29, 0.717) is 10.8 Å². The number of benzene rings is 1. The second kappa shape index (κ2) is 5.44. The van der Waals surface area contributed by atoms with Crippen LogP contribution >= 0.6 is 11.6 Å². The summed E-state index contributed by atoms with van der Waals surface area (Å²) in [6.07, 6.45) is 7.64. The van der Waals surface area contributed by atoms with Crippen LogP contribution in [0.15, 0.2) is 24.3 Å². The quantitative estimate of drug-likeness (QED) is 0.651. The molecule has 0 bridgehead atoms. The molecule has 0 saturated heterocycles. The summed E-state index contributed by atoms with van der Waals surface area (Å²) in [5.41, 5.74) is 3.21. The molecule has 1 aliphatic carbocycles. The van der Waals surface area contributed by atoms with Crippen molar-refractivity contribution in [2.75, 3.05) is 0 Å². The minimum atomic E-state index is 0.302. The highest BCUT2D eigenvalue weighted by Crippen LogP contribution is 2.47. The van der Waals surface area contributed by atoms with Crippen molar-refractivity contribution in [1.29, 1.82) is 0 Å². The van der Waals surface area contributed by atoms with Gasteiger partial charge in [0.15, 0.2) is 0 Å². The fraction of sp³-hybridized carbons (Fsp3) is 0.625. The zero-order chi connectivity index (χ0) is 12.3. The van der Waals surface area contributed by atoms with Crippen LogP contribution in [0.2, 0.25) is 0 Å². The highest BCUT2D eigenvalue weighted by Gasteiger charge is 2.38. The van der Waals surface area contributed by atoms with E-state index in [-0.39, 0.29) is 0 Å². The van der Waals surface area contributed by atoms with Gasteiger partial charge in [-0.1, -0.05) is 44.0 Å². The Morgan fingerprint density at radius 3 is 2.47 bits per heavy atom. The van der Waals surface area contributed by atoms with Gasteiger partial charge in [0, 0.05) is 5.38 Å². The summed E-state index contributed by atoms with van der Waals surface area (Å²) < 4.78 is 0. The Morgan fingerprint density at radius 1 is 1.24 bits per heavy atom. The Kier molecular flexibility index (Phi) is 4.14. The van der Waals surface area contributed by atoms with Crippen LogP contribution in [-0.4, -0.2) is 5.38 Å². The fourth-order valence-electron chi connectivity index (χ4n) is 3.22. The summed E-state index contributed by atoms with van der Waals surface area (Å²) in [5, 5.41) is 0.302. The summed E-state index contributed by atoms with van der Waals surface area (Å²) in [7, 11) is 0. The Hall–Kier alpha value is -0.490. The van der Waals surface area contributed by atoms with Crippen LogP contribution in [0.5, 0.6) is 0 Å². The predicted molar refractivity (Wildman–Crippen MR) is 75.7 cm³/mol. The summed E-state index contributed by atoms with van der Waals surface area (Å²) in [5.74, 6) is 0. The van der Waals surface area contributed by atoms with Crippen molar-refractivity contribution in [2.24, 2.45) is 5.41 Å². The van der Waals surface area contributed by atoms with Crippen molar-refractivity contribution >= 4 is 11.6 Å². The molecule has 0 radical (unpaired) electrons. The molecule has 1 heteroatoms. The molecule has 0 nitrogen and oxygen atoms in total. The molecule has 1 aliphatic rings. The molecular formula is C16H23Cl. The number of alkyl halides is 1. The lowest BCUT2D eigenvalue weighted by Crippen LogP contribution is -2.29. The number of halogens is 1. The molecule has 1 aromatic carbocycles. The predicted octanol–water partition coefficient (Wildman–Crippen LogP) is 5.12. The first-order valence-corrected chi connectivity index (χ1v) is 7.30. The van der Waals surface area contributed by atoms with Crippen molar-refractivity contribution in [3.63, 3.8) is 0 Å². The number of hydrogen-bond donors (Lipinski definition) is 0. The molecule has 0 aliphatic heterocycles. The zero-order valence-electron chi connectivity index (χ0n) is 11.0. The molecule has 0 spiro atoms. The van der Waals surface area contributed by atoms with Gasteiger partial charge < -0.3 is 0 Å². The molecule has 1 unspecified atom stereocenters. The Morgan fingerprint density at radius 2 is 1.88 bits per heavy atom. The summed E-state index contributed by atoms with van der Waals surface area (Å²) >= 11 is 6.75. The van der Waals surface area contributed by atoms with Crippen molar-refractivity contribution in [2.45, 2.75) is 57.7 Å². The van der Waals surface area contributed by atoms with E-state index in [0.717, 1.165) is 6.42 Å². The van der Waals surface area contributed by atoms with Gasteiger partial charge in [-0.15, -0.1) is 11.6 Å². The highest BCUT2D eigenvalue weighted by molar-refractivity contribution is 6.21. The number of hydrogen-bond acceptors (Lipinski definition) is 0. The maximum absolute atomic E-state index is 6.75. The van der Waals surface area contributed by atoms with Crippen LogP contribution in [0.25, 0.3) is 0 Å². The van der Waals surface area contributed by atoms with E-state index < -0.39 is 0 Å². The molecule has 1 fully saturated rings. The van der Waals surface area contributed by atoms with E-state index in [1.54, 1.807) is 0 Å². The van der Waals surface area contributed by atoms with Gasteiger partial charge in [-0.3, -0.25) is 0 Å². The minimum Gasteiger partial charge on any atom is -0.122 e. The van der Waals surface area contributed by atoms with Gasteiger partial charge in [-0.2, -0.15) is 0 Å². The van der Waals surface area contributed by atoms with Crippen molar-refractivity contribution in [1.82, 2.24) is 0 Å². The van der Waals surface area contributed by atoms with E-state index in [9.17, 15) is 0 Å². The van der Waals surface area contributed by atoms with Gasteiger partial charge in [-0.05, 0) is 49.1 Å². The molecule has 2 rings (SSSR count). The first kappa shape index (κ1) is 13.0. The highest BCUT2D eigenvalue weighted by atomic mass is 35.5. The first-order chi connectivity index (χ1) is 8.18. The molecule has 0 N–H and O–H groups in total. The molecule has 1 aromatic rings. The molecule has 17 heavy (non-hydrogen) atoms. The maximum Gasteiger partial charge on any atom is 0.0432 e. The Labute approximate surface area is 110 Å². The molecule has 1 atom stereocenters. The van der Waals surface area contributed by atoms with Crippen LogP contribution < -0.4 is 0 Å². The molecule has 0 amide bonds. The molecule has 94 valence electrons. The second-order valence-electron chi connectivity index (χ2n) is 5.52. The smallest absolute Gasteiger partial charge is 0.0432 e. The van der Waals surface area contributed by atoms with E-state index in [1.165, 1.54) is 43.2 Å². The average molecular weight is 251 g/mol. The van der Waals surface area contributed by atoms with Gasteiger partial charge in [-0.25, -0.2) is 0 Å². The third-order valence-corrected chi connectivity index (χ3v) is 5.25. The normalized spacial score (nSPS) is 20.4. The Bertz CT molecular complexity index is 364. The third-order valence-electron chi connectivity index (χ3n) is 4.63. The number of aryl methyl sites for hydroxylation is 1. The van der Waals surface area contributed by atoms with Crippen LogP contribution in [0.3, 0.4) is 0 Å². The largest absolute Gasteiger partial charge is 0.122 e. The van der Waals surface area contributed by atoms with Crippen LogP contribution in [0, 0.1) is 12.3 Å². The molecule has 1 saturated carbocycles. The molecular weight excluding hydrogens is 228 g/mol. The van der Waals surface area contributed by atoms with E-state index in [4.69, 9.17) is 11.6 Å². The van der Waals surface area contributed by atoms with Gasteiger partial charge in [0.25, 0.3) is 0 Å². The summed E-state index contributed by atoms with van der Waals surface area (Å²) in [6.45, 7) is 4.49. The molecule has 0 aromatic heterocycles. The summed E-state index contributed by atoms with van der Waals surface area (Å²) in [6, 6.07) is 8.64. The van der Waals surface area contributed by atoms with E-state index in [1.807, 2.05) is 0 Å². The van der Waals surface area contributed by atoms with Crippen molar-refractivity contribution < 1.29 is 0 Å². The summed E-state index contributed by atoms with van der Waals surface area (Å²) in [4.78, 5) is 0. The van der Waals surface area contributed by atoms with Crippen LogP contribution in [0.4, 0.5) is 0 Å². The number of rotatable bonds is 4. The lowest BCUT2D eigenvalue weighted by atomic mass is 9.77. The van der Waals surface area contributed by atoms with E-state index >= 15 is 0 Å². The SMILES string of the molecule is CCC1(C(Cl)Cc2ccccc2C)CCCC1. The third kappa shape index (κ3) is 2.68. The van der Waals surface area contributed by atoms with E-state index in [2.05, 4.69) is 38.1 Å². The lowest BCUT2D eigenvalue weighted by Gasteiger charge is -2.33. The first-order valence-electron chi connectivity index (χ1n) is 6.86. The van der Waals surface area contributed by atoms with Gasteiger partial charge in [0.1, 0.15) is 0 Å². The topological polar surface area (TPSA) is 0 Å². The minimum absolute atomic E-state index is 0.302. The molecule has 0 heterocycles. The maximum atomic E-state index is 6.75. The van der Waals surface area contributed by atoms with Crippen molar-refractivity contribution in [3.8, 4) is 0 Å². The standard InChI is InChI=1S/C16H23Cl/c1-3-16(10-6-7-11-16)15(17)12-14-9-5-4-8-13(14)2/h4-5,8-9,15H,3,6-7,10-12H2,1-2H3. The van der Waals surface area contributed by atoms with Crippen LogP contribution in [0.1, 0.15) is 50.2 Å². The monoisotopic (exact) mass is 250 g/mol. The second-order valence-corrected chi connectivity index (χ2v) is 6.05.